The monoisotopic (exact) mass is 188 g/mol. The van der Waals surface area contributed by atoms with Gasteiger partial charge in [0.15, 0.2) is 0 Å². The van der Waals surface area contributed by atoms with E-state index in [1.54, 1.807) is 13.0 Å². The van der Waals surface area contributed by atoms with Crippen LogP contribution in [0.15, 0.2) is 12.1 Å². The van der Waals surface area contributed by atoms with Crippen LogP contribution in [-0.4, -0.2) is 0 Å². The van der Waals surface area contributed by atoms with Gasteiger partial charge < -0.3 is 0 Å². The van der Waals surface area contributed by atoms with Crippen molar-refractivity contribution < 1.29 is 13.2 Å². The normalized spacial score (nSPS) is 11.8. The summed E-state index contributed by atoms with van der Waals surface area (Å²) >= 11 is 0. The highest BCUT2D eigenvalue weighted by Crippen LogP contribution is 2.35. The summed E-state index contributed by atoms with van der Waals surface area (Å²) in [6.45, 7) is 4.67. The highest BCUT2D eigenvalue weighted by molar-refractivity contribution is 5.40. The third-order valence-electron chi connectivity index (χ3n) is 2.23. The third kappa shape index (κ3) is 1.85. The molecule has 0 nitrogen and oxygen atoms in total. The summed E-state index contributed by atoms with van der Waals surface area (Å²) in [7, 11) is 0. The van der Waals surface area contributed by atoms with Crippen molar-refractivity contribution in [3.63, 3.8) is 0 Å². The minimum atomic E-state index is -4.24. The first-order valence-electron chi connectivity index (χ1n) is 3.98. The molecule has 1 aromatic carbocycles. The molecule has 0 saturated carbocycles. The molecular formula is C10H11F3. The van der Waals surface area contributed by atoms with Crippen LogP contribution in [0.2, 0.25) is 0 Å². The first-order chi connectivity index (χ1) is 5.84. The molecule has 0 fully saturated rings. The number of benzene rings is 1. The van der Waals surface area contributed by atoms with Gasteiger partial charge in [-0.1, -0.05) is 12.1 Å². The number of aryl methyl sites for hydroxylation is 2. The maximum absolute atomic E-state index is 12.5. The van der Waals surface area contributed by atoms with Crippen LogP contribution < -0.4 is 0 Å². The lowest BCUT2D eigenvalue weighted by molar-refractivity contribution is -0.138. The van der Waals surface area contributed by atoms with Gasteiger partial charge in [-0.3, -0.25) is 0 Å². The molecule has 0 radical (unpaired) electrons. The van der Waals surface area contributed by atoms with E-state index in [1.807, 2.05) is 0 Å². The van der Waals surface area contributed by atoms with E-state index in [4.69, 9.17) is 0 Å². The van der Waals surface area contributed by atoms with E-state index < -0.39 is 11.7 Å². The molecule has 0 aliphatic rings. The molecule has 13 heavy (non-hydrogen) atoms. The maximum Gasteiger partial charge on any atom is 0.416 e. The fourth-order valence-corrected chi connectivity index (χ4v) is 1.39. The predicted octanol–water partition coefficient (Wildman–Crippen LogP) is 3.63. The molecule has 1 rings (SSSR count). The van der Waals surface area contributed by atoms with E-state index in [9.17, 15) is 13.2 Å². The smallest absolute Gasteiger partial charge is 0.166 e. The molecule has 3 heteroatoms. The van der Waals surface area contributed by atoms with Gasteiger partial charge in [0.25, 0.3) is 0 Å². The molecule has 0 aliphatic heterocycles. The molecule has 0 bridgehead atoms. The lowest BCUT2D eigenvalue weighted by atomic mass is 9.98. The van der Waals surface area contributed by atoms with E-state index in [0.29, 0.717) is 11.1 Å². The molecule has 0 saturated heterocycles. The number of rotatable bonds is 0. The van der Waals surface area contributed by atoms with Gasteiger partial charge in [0, 0.05) is 0 Å². The van der Waals surface area contributed by atoms with Crippen molar-refractivity contribution in [3.05, 3.63) is 34.4 Å². The Bertz CT molecular complexity index is 324. The second-order valence-electron chi connectivity index (χ2n) is 3.20. The molecule has 0 N–H and O–H groups in total. The zero-order valence-electron chi connectivity index (χ0n) is 7.79. The van der Waals surface area contributed by atoms with Gasteiger partial charge in [0.05, 0.1) is 5.56 Å². The SMILES string of the molecule is Cc1ccc(C)c(C(F)(F)F)c1C. The predicted molar refractivity (Wildman–Crippen MR) is 45.7 cm³/mol. The molecule has 0 aromatic heterocycles. The minimum Gasteiger partial charge on any atom is -0.166 e. The van der Waals surface area contributed by atoms with E-state index in [2.05, 4.69) is 0 Å². The Morgan fingerprint density at radius 1 is 0.923 bits per heavy atom. The Morgan fingerprint density at radius 3 is 1.77 bits per heavy atom. The first-order valence-corrected chi connectivity index (χ1v) is 3.98. The molecule has 72 valence electrons. The van der Waals surface area contributed by atoms with Crippen LogP contribution in [0.5, 0.6) is 0 Å². The fraction of sp³-hybridized carbons (Fsp3) is 0.400. The Balaban J connectivity index is 3.43. The van der Waals surface area contributed by atoms with Crippen LogP contribution in [0.1, 0.15) is 22.3 Å². The first kappa shape index (κ1) is 10.1. The van der Waals surface area contributed by atoms with Crippen molar-refractivity contribution in [1.82, 2.24) is 0 Å². The average molecular weight is 188 g/mol. The molecule has 1 aromatic rings. The quantitative estimate of drug-likeness (QED) is 0.583. The van der Waals surface area contributed by atoms with Crippen LogP contribution in [0.3, 0.4) is 0 Å². The summed E-state index contributed by atoms with van der Waals surface area (Å²) in [6, 6.07) is 3.21. The zero-order valence-corrected chi connectivity index (χ0v) is 7.79. The van der Waals surface area contributed by atoms with Crippen molar-refractivity contribution in [2.24, 2.45) is 0 Å². The van der Waals surface area contributed by atoms with Crippen molar-refractivity contribution in [2.75, 3.05) is 0 Å². The summed E-state index contributed by atoms with van der Waals surface area (Å²) in [5, 5.41) is 0. The summed E-state index contributed by atoms with van der Waals surface area (Å²) in [4.78, 5) is 0. The molecule has 0 spiro atoms. The Kier molecular flexibility index (Phi) is 2.37. The fourth-order valence-electron chi connectivity index (χ4n) is 1.39. The lowest BCUT2D eigenvalue weighted by Crippen LogP contribution is -2.10. The van der Waals surface area contributed by atoms with Gasteiger partial charge in [-0.05, 0) is 37.5 Å². The highest BCUT2D eigenvalue weighted by Gasteiger charge is 2.34. The molecule has 0 heterocycles. The van der Waals surface area contributed by atoms with Gasteiger partial charge >= 0.3 is 6.18 Å². The summed E-state index contributed by atoms with van der Waals surface area (Å²) in [6.07, 6.45) is -4.24. The van der Waals surface area contributed by atoms with Crippen molar-refractivity contribution >= 4 is 0 Å². The van der Waals surface area contributed by atoms with Crippen LogP contribution in [-0.2, 0) is 6.18 Å². The topological polar surface area (TPSA) is 0 Å². The molecule has 0 aliphatic carbocycles. The number of hydrogen-bond donors (Lipinski definition) is 0. The lowest BCUT2D eigenvalue weighted by Gasteiger charge is -2.14. The Hall–Kier alpha value is -0.990. The van der Waals surface area contributed by atoms with Crippen molar-refractivity contribution in [2.45, 2.75) is 26.9 Å². The molecule has 0 unspecified atom stereocenters. The number of halogens is 3. The van der Waals surface area contributed by atoms with Crippen molar-refractivity contribution in [3.8, 4) is 0 Å². The summed E-state index contributed by atoms with van der Waals surface area (Å²) in [5.74, 6) is 0. The maximum atomic E-state index is 12.5. The standard InChI is InChI=1S/C10H11F3/c1-6-4-5-7(2)9(8(6)3)10(11,12)13/h4-5H,1-3H3. The van der Waals surface area contributed by atoms with E-state index in [1.165, 1.54) is 19.9 Å². The van der Waals surface area contributed by atoms with Crippen LogP contribution >= 0.6 is 0 Å². The Morgan fingerprint density at radius 2 is 1.38 bits per heavy atom. The van der Waals surface area contributed by atoms with Gasteiger partial charge in [-0.25, -0.2) is 0 Å². The molecule has 0 atom stereocenters. The Labute approximate surface area is 75.4 Å². The second-order valence-corrected chi connectivity index (χ2v) is 3.20. The average Bonchev–Trinajstić information content (AvgIpc) is 1.95. The van der Waals surface area contributed by atoms with Crippen LogP contribution in [0.25, 0.3) is 0 Å². The van der Waals surface area contributed by atoms with Gasteiger partial charge in [-0.15, -0.1) is 0 Å². The van der Waals surface area contributed by atoms with E-state index >= 15 is 0 Å². The highest BCUT2D eigenvalue weighted by atomic mass is 19.4. The minimum absolute atomic E-state index is 0.288. The second kappa shape index (κ2) is 3.05. The van der Waals surface area contributed by atoms with Crippen LogP contribution in [0.4, 0.5) is 13.2 Å². The molecular weight excluding hydrogens is 177 g/mol. The van der Waals surface area contributed by atoms with Gasteiger partial charge in [0.1, 0.15) is 0 Å². The summed E-state index contributed by atoms with van der Waals surface area (Å²) in [5.41, 5.74) is 0.800. The van der Waals surface area contributed by atoms with E-state index in [0.717, 1.165) is 0 Å². The third-order valence-corrected chi connectivity index (χ3v) is 2.23. The molecule has 0 amide bonds. The van der Waals surface area contributed by atoms with E-state index in [-0.39, 0.29) is 5.56 Å². The largest absolute Gasteiger partial charge is 0.416 e. The van der Waals surface area contributed by atoms with Crippen LogP contribution in [0, 0.1) is 20.8 Å². The number of alkyl halides is 3. The zero-order chi connectivity index (χ0) is 10.2. The van der Waals surface area contributed by atoms with Gasteiger partial charge in [-0.2, -0.15) is 13.2 Å². The van der Waals surface area contributed by atoms with Crippen molar-refractivity contribution in [1.29, 1.82) is 0 Å². The number of hydrogen-bond acceptors (Lipinski definition) is 0. The van der Waals surface area contributed by atoms with Gasteiger partial charge in [0.2, 0.25) is 0 Å². The summed E-state index contributed by atoms with van der Waals surface area (Å²) < 4.78 is 37.5.